The molecule has 13 atom stereocenters. The second-order valence-electron chi connectivity index (χ2n) is 19.2. The molecule has 1 aliphatic carbocycles. The van der Waals surface area contributed by atoms with Crippen molar-refractivity contribution < 1.29 is 54.2 Å². The number of Topliss-reactive ketones (excluding diaryl/α,β-unsaturated/α-hetero) is 2. The van der Waals surface area contributed by atoms with Crippen molar-refractivity contribution in [3.8, 4) is 0 Å². The first kappa shape index (κ1) is 56.1. The van der Waals surface area contributed by atoms with Gasteiger partial charge in [-0.25, -0.2) is 4.79 Å². The largest absolute Gasteiger partial charge is 0.480 e. The minimum Gasteiger partial charge on any atom is -0.480 e. The molecule has 4 bridgehead atoms. The minimum atomic E-state index is -2.36. The SMILES string of the molecule is CO.CO.COC1CC(CC2CCC(=O)[C@H](C)/C=C(\C)C(O)CCC(C)C[C@H](C)/C=C/C=C/C=C(\C)CCC3CCC(C)C(O)(O3)C(=O)C(=O)N3CCC[C@H]2C3C(=O)O)CC[C@H]1C. The van der Waals surface area contributed by atoms with Crippen molar-refractivity contribution in [3.63, 3.8) is 0 Å². The zero-order valence-corrected chi connectivity index (χ0v) is 40.3. The second-order valence-corrected chi connectivity index (χ2v) is 19.2. The van der Waals surface area contributed by atoms with Gasteiger partial charge in [0, 0.05) is 46.1 Å². The van der Waals surface area contributed by atoms with Crippen LogP contribution in [0.15, 0.2) is 47.6 Å². The normalized spacial score (nSPS) is 38.8. The van der Waals surface area contributed by atoms with E-state index >= 15 is 0 Å². The topological polar surface area (TPSA) is 191 Å². The lowest BCUT2D eigenvalue weighted by Gasteiger charge is -2.45. The van der Waals surface area contributed by atoms with Crippen LogP contribution >= 0.6 is 0 Å². The number of amides is 1. The molecular weight excluding hydrogens is 803 g/mol. The Labute approximate surface area is 379 Å². The molecule has 12 nitrogen and oxygen atoms in total. The Kier molecular flexibility index (Phi) is 25.1. The van der Waals surface area contributed by atoms with E-state index in [1.165, 1.54) is 4.90 Å². The van der Waals surface area contributed by atoms with Crippen molar-refractivity contribution in [2.24, 2.45) is 47.3 Å². The quantitative estimate of drug-likeness (QED) is 0.136. The van der Waals surface area contributed by atoms with Crippen LogP contribution in [0.5, 0.6) is 0 Å². The fraction of sp³-hybridized carbons (Fsp3) is 0.765. The number of rotatable bonds is 4. The van der Waals surface area contributed by atoms with Crippen molar-refractivity contribution in [1.82, 2.24) is 4.90 Å². The van der Waals surface area contributed by atoms with Crippen molar-refractivity contribution in [3.05, 3.63) is 47.6 Å². The van der Waals surface area contributed by atoms with Gasteiger partial charge in [-0.05, 0) is 145 Å². The monoisotopic (exact) mass is 888 g/mol. The Bertz CT molecular complexity index is 1550. The summed E-state index contributed by atoms with van der Waals surface area (Å²) in [6.07, 6.45) is 21.3. The molecule has 0 aromatic carbocycles. The van der Waals surface area contributed by atoms with E-state index in [2.05, 4.69) is 32.9 Å². The summed E-state index contributed by atoms with van der Waals surface area (Å²) >= 11 is 0. The summed E-state index contributed by atoms with van der Waals surface area (Å²) in [6.45, 7) is 14.2. The fourth-order valence-corrected chi connectivity index (χ4v) is 10.4. The van der Waals surface area contributed by atoms with Crippen LogP contribution in [0.2, 0.25) is 0 Å². The number of carboxylic acids is 1. The van der Waals surface area contributed by atoms with Crippen LogP contribution in [0.1, 0.15) is 145 Å². The summed E-state index contributed by atoms with van der Waals surface area (Å²) in [4.78, 5) is 56.7. The average Bonchev–Trinajstić information content (AvgIpc) is 3.27. The standard InChI is InChI=1S/C49H77NO9.2CH4O/c1-31-13-10-9-11-14-32(2)27-33(3)17-24-42(51)35(5)28-36(6)43(52)25-21-39(29-38-20-18-34(4)44(30-38)58-8)41-15-12-26-50(45(41)48(55)56)47(54)46(53)49(57)37(7)19-23-40(59-49)22-16-31;2*1-2/h9-11,13-14,28,32-34,36-42,44-45,51,57H,12,15-27,29-30H2,1-8H3,(H,55,56);2*2H,1H3/b10-9+,14-11+,31-13+,35-28+;;/t32-,33?,34-,36-,37?,38?,39?,40?,41-,42?,44?,45?,49?;;/m1../s1. The van der Waals surface area contributed by atoms with E-state index < -0.39 is 59.5 Å². The van der Waals surface area contributed by atoms with Gasteiger partial charge in [0.2, 0.25) is 5.79 Å². The van der Waals surface area contributed by atoms with Gasteiger partial charge in [0.15, 0.2) is 0 Å². The van der Waals surface area contributed by atoms with Crippen molar-refractivity contribution in [2.45, 2.75) is 175 Å². The third kappa shape index (κ3) is 16.7. The van der Waals surface area contributed by atoms with Gasteiger partial charge in [0.1, 0.15) is 11.8 Å². The van der Waals surface area contributed by atoms with Gasteiger partial charge >= 0.3 is 5.97 Å². The van der Waals surface area contributed by atoms with Crippen LogP contribution < -0.4 is 0 Å². The van der Waals surface area contributed by atoms with Gasteiger partial charge < -0.3 is 39.9 Å². The molecule has 4 aliphatic rings. The third-order valence-corrected chi connectivity index (χ3v) is 14.3. The highest BCUT2D eigenvalue weighted by molar-refractivity contribution is 6.39. The molecule has 0 spiro atoms. The van der Waals surface area contributed by atoms with Crippen LogP contribution in [-0.4, -0.2) is 112 Å². The van der Waals surface area contributed by atoms with Gasteiger partial charge in [0.25, 0.3) is 11.7 Å². The molecule has 0 aromatic rings. The Morgan fingerprint density at radius 1 is 0.857 bits per heavy atom. The van der Waals surface area contributed by atoms with Gasteiger partial charge in [-0.2, -0.15) is 0 Å². The lowest BCUT2D eigenvalue weighted by Crippen LogP contribution is -2.62. The molecule has 5 N–H and O–H groups in total. The number of aliphatic hydroxyl groups excluding tert-OH is 3. The molecule has 1 amide bonds. The van der Waals surface area contributed by atoms with Crippen LogP contribution in [0.25, 0.3) is 0 Å². The van der Waals surface area contributed by atoms with Crippen molar-refractivity contribution in [2.75, 3.05) is 27.9 Å². The minimum absolute atomic E-state index is 0.0250. The highest BCUT2D eigenvalue weighted by Gasteiger charge is 2.54. The summed E-state index contributed by atoms with van der Waals surface area (Å²) in [7, 11) is 3.73. The molecule has 3 fully saturated rings. The first-order valence-corrected chi connectivity index (χ1v) is 23.7. The van der Waals surface area contributed by atoms with Crippen LogP contribution in [0, 0.1) is 47.3 Å². The number of aliphatic hydroxyl groups is 4. The molecule has 1 saturated carbocycles. The molecule has 0 aromatic heterocycles. The Morgan fingerprint density at radius 2 is 1.56 bits per heavy atom. The number of nitrogens with zero attached hydrogens (tertiary/aromatic N) is 1. The van der Waals surface area contributed by atoms with Crippen molar-refractivity contribution >= 4 is 23.4 Å². The summed E-state index contributed by atoms with van der Waals surface area (Å²) in [5.74, 6) is -5.96. The Hall–Kier alpha value is -3.00. The fourth-order valence-electron chi connectivity index (χ4n) is 10.4. The predicted octanol–water partition coefficient (Wildman–Crippen LogP) is 8.01. The second kappa shape index (κ2) is 28.1. The van der Waals surface area contributed by atoms with E-state index in [-0.39, 0.29) is 36.7 Å². The number of ether oxygens (including phenoxy) is 2. The van der Waals surface area contributed by atoms with Crippen LogP contribution in [0.4, 0.5) is 0 Å². The maximum absolute atomic E-state index is 14.3. The number of fused-ring (bicyclic) bond motifs is 4. The van der Waals surface area contributed by atoms with Crippen LogP contribution in [-0.2, 0) is 28.7 Å². The van der Waals surface area contributed by atoms with E-state index in [9.17, 15) is 34.5 Å². The molecule has 360 valence electrons. The molecule has 0 radical (unpaired) electrons. The zero-order chi connectivity index (χ0) is 47.4. The van der Waals surface area contributed by atoms with E-state index in [1.54, 1.807) is 14.0 Å². The number of hydrogen-bond acceptors (Lipinski definition) is 10. The number of methoxy groups -OCH3 is 1. The van der Waals surface area contributed by atoms with Gasteiger partial charge in [0.05, 0.1) is 18.3 Å². The van der Waals surface area contributed by atoms with Gasteiger partial charge in [-0.15, -0.1) is 0 Å². The number of carboxylic acid groups (broad SMARTS) is 1. The van der Waals surface area contributed by atoms with Gasteiger partial charge in [-0.3, -0.25) is 14.4 Å². The third-order valence-electron chi connectivity index (χ3n) is 14.3. The zero-order valence-electron chi connectivity index (χ0n) is 40.3. The molecular formula is C51H85NO11. The number of piperidine rings is 1. The maximum atomic E-state index is 14.3. The molecule has 2 saturated heterocycles. The predicted molar refractivity (Wildman–Crippen MR) is 247 cm³/mol. The summed E-state index contributed by atoms with van der Waals surface area (Å²) < 4.78 is 12.0. The number of carbonyl (C=O) groups is 4. The molecule has 3 aliphatic heterocycles. The summed E-state index contributed by atoms with van der Waals surface area (Å²) in [5.41, 5.74) is 1.90. The highest BCUT2D eigenvalue weighted by atomic mass is 16.6. The number of ketones is 2. The molecule has 4 rings (SSSR count). The summed E-state index contributed by atoms with van der Waals surface area (Å²) in [6, 6.07) is -1.29. The van der Waals surface area contributed by atoms with Crippen molar-refractivity contribution in [1.29, 1.82) is 0 Å². The first-order chi connectivity index (χ1) is 29.9. The maximum Gasteiger partial charge on any atom is 0.326 e. The lowest BCUT2D eigenvalue weighted by atomic mass is 9.69. The summed E-state index contributed by atoms with van der Waals surface area (Å²) in [5, 5.41) is 47.8. The van der Waals surface area contributed by atoms with E-state index in [0.717, 1.165) is 57.5 Å². The van der Waals surface area contributed by atoms with Crippen LogP contribution in [0.3, 0.4) is 0 Å². The smallest absolute Gasteiger partial charge is 0.326 e. The highest BCUT2D eigenvalue weighted by Crippen LogP contribution is 2.42. The molecule has 63 heavy (non-hydrogen) atoms. The number of allylic oxidation sites excluding steroid dienone is 7. The average molecular weight is 888 g/mol. The first-order valence-electron chi connectivity index (χ1n) is 23.7. The Morgan fingerprint density at radius 3 is 2.22 bits per heavy atom. The molecule has 12 heteroatoms. The number of aliphatic carboxylic acids is 1. The molecule has 9 unspecified atom stereocenters. The lowest BCUT2D eigenvalue weighted by molar-refractivity contribution is -0.263. The number of hydrogen-bond donors (Lipinski definition) is 5. The van der Waals surface area contributed by atoms with E-state index in [4.69, 9.17) is 19.7 Å². The van der Waals surface area contributed by atoms with Gasteiger partial charge in [-0.1, -0.05) is 76.6 Å². The van der Waals surface area contributed by atoms with E-state index in [1.807, 2.05) is 45.1 Å². The Balaban J connectivity index is 0.00000331. The number of carbonyl (C=O) groups excluding carboxylic acids is 3. The molecule has 3 heterocycles. The van der Waals surface area contributed by atoms with E-state index in [0.29, 0.717) is 75.5 Å².